The lowest BCUT2D eigenvalue weighted by Gasteiger charge is -2.01. The molecule has 0 aliphatic carbocycles. The molecule has 1 rings (SSSR count). The Hall–Kier alpha value is -1.69. The molecule has 0 saturated carbocycles. The highest BCUT2D eigenvalue weighted by Crippen LogP contribution is 2.00. The summed E-state index contributed by atoms with van der Waals surface area (Å²) in [6, 6.07) is 0. The van der Waals surface area contributed by atoms with E-state index >= 15 is 0 Å². The Kier molecular flexibility index (Phi) is 3.15. The number of carbonyl (C=O) groups is 1. The van der Waals surface area contributed by atoms with Gasteiger partial charge in [0.05, 0.1) is 12.2 Å². The van der Waals surface area contributed by atoms with Gasteiger partial charge in [0.25, 0.3) is 0 Å². The van der Waals surface area contributed by atoms with Crippen LogP contribution in [0.15, 0.2) is 12.4 Å². The fourth-order valence-electron chi connectivity index (χ4n) is 0.722. The van der Waals surface area contributed by atoms with Crippen molar-refractivity contribution in [3.8, 4) is 0 Å². The number of carbonyl (C=O) groups excluding carboxylic acids is 1. The second-order valence-corrected chi connectivity index (χ2v) is 2.16. The number of hydrogen-bond donors (Lipinski definition) is 2. The SMILES string of the molecule is CCOC(=O)c1cnc(NN)nc1. The first-order valence-corrected chi connectivity index (χ1v) is 3.73. The molecule has 0 aromatic carbocycles. The molecule has 0 aliphatic heterocycles. The van der Waals surface area contributed by atoms with Crippen LogP contribution in [0.2, 0.25) is 0 Å². The molecule has 1 aromatic rings. The minimum atomic E-state index is -0.439. The first kappa shape index (κ1) is 9.40. The predicted molar refractivity (Wildman–Crippen MR) is 45.8 cm³/mol. The van der Waals surface area contributed by atoms with Crippen LogP contribution in [-0.2, 0) is 4.74 Å². The first-order chi connectivity index (χ1) is 6.27. The van der Waals surface area contributed by atoms with Gasteiger partial charge in [-0.2, -0.15) is 0 Å². The Balaban J connectivity index is 2.74. The van der Waals surface area contributed by atoms with Crippen molar-refractivity contribution in [2.24, 2.45) is 5.84 Å². The van der Waals surface area contributed by atoms with E-state index in [2.05, 4.69) is 15.4 Å². The highest BCUT2D eigenvalue weighted by atomic mass is 16.5. The zero-order valence-electron chi connectivity index (χ0n) is 7.15. The average Bonchev–Trinajstić information content (AvgIpc) is 2.18. The van der Waals surface area contributed by atoms with Crippen LogP contribution >= 0.6 is 0 Å². The van der Waals surface area contributed by atoms with Gasteiger partial charge in [0, 0.05) is 12.4 Å². The molecule has 0 amide bonds. The molecule has 1 aromatic heterocycles. The third-order valence-electron chi connectivity index (χ3n) is 1.29. The summed E-state index contributed by atoms with van der Waals surface area (Å²) < 4.78 is 4.73. The molecule has 0 bridgehead atoms. The van der Waals surface area contributed by atoms with Crippen LogP contribution in [0.25, 0.3) is 0 Å². The van der Waals surface area contributed by atoms with E-state index in [1.807, 2.05) is 0 Å². The minimum Gasteiger partial charge on any atom is -0.462 e. The van der Waals surface area contributed by atoms with Crippen LogP contribution in [0.1, 0.15) is 17.3 Å². The van der Waals surface area contributed by atoms with E-state index in [1.165, 1.54) is 12.4 Å². The van der Waals surface area contributed by atoms with Crippen molar-refractivity contribution in [1.29, 1.82) is 0 Å². The molecule has 0 saturated heterocycles. The molecule has 13 heavy (non-hydrogen) atoms. The number of esters is 1. The van der Waals surface area contributed by atoms with Gasteiger partial charge in [-0.15, -0.1) is 0 Å². The fraction of sp³-hybridized carbons (Fsp3) is 0.286. The van der Waals surface area contributed by atoms with E-state index in [1.54, 1.807) is 6.92 Å². The fourth-order valence-corrected chi connectivity index (χ4v) is 0.722. The predicted octanol–water partition coefficient (Wildman–Crippen LogP) is -0.0611. The number of hydrazine groups is 1. The van der Waals surface area contributed by atoms with Crippen molar-refractivity contribution in [2.45, 2.75) is 6.92 Å². The lowest BCUT2D eigenvalue weighted by atomic mass is 10.3. The largest absolute Gasteiger partial charge is 0.462 e. The summed E-state index contributed by atoms with van der Waals surface area (Å²) in [5, 5.41) is 0. The van der Waals surface area contributed by atoms with Crippen LogP contribution in [0.4, 0.5) is 5.95 Å². The van der Waals surface area contributed by atoms with Gasteiger partial charge in [-0.25, -0.2) is 20.6 Å². The number of rotatable bonds is 3. The summed E-state index contributed by atoms with van der Waals surface area (Å²) in [6.45, 7) is 2.06. The second kappa shape index (κ2) is 4.36. The van der Waals surface area contributed by atoms with Crippen LogP contribution in [0, 0.1) is 0 Å². The quantitative estimate of drug-likeness (QED) is 0.386. The highest BCUT2D eigenvalue weighted by Gasteiger charge is 2.06. The topological polar surface area (TPSA) is 90.1 Å². The van der Waals surface area contributed by atoms with Crippen molar-refractivity contribution in [3.63, 3.8) is 0 Å². The number of ether oxygens (including phenoxy) is 1. The molecule has 3 N–H and O–H groups in total. The van der Waals surface area contributed by atoms with E-state index in [-0.39, 0.29) is 5.95 Å². The zero-order chi connectivity index (χ0) is 9.68. The smallest absolute Gasteiger partial charge is 0.341 e. The number of nitrogens with two attached hydrogens (primary N) is 1. The molecule has 6 nitrogen and oxygen atoms in total. The summed E-state index contributed by atoms with van der Waals surface area (Å²) in [6.07, 6.45) is 2.69. The lowest BCUT2D eigenvalue weighted by molar-refractivity contribution is 0.0525. The molecule has 0 unspecified atom stereocenters. The van der Waals surface area contributed by atoms with Gasteiger partial charge in [0.2, 0.25) is 5.95 Å². The number of hydrogen-bond acceptors (Lipinski definition) is 6. The van der Waals surface area contributed by atoms with Gasteiger partial charge in [0.15, 0.2) is 0 Å². The summed E-state index contributed by atoms with van der Waals surface area (Å²) in [4.78, 5) is 18.6. The van der Waals surface area contributed by atoms with E-state index in [4.69, 9.17) is 10.6 Å². The lowest BCUT2D eigenvalue weighted by Crippen LogP contribution is -2.12. The van der Waals surface area contributed by atoms with Crippen molar-refractivity contribution in [3.05, 3.63) is 18.0 Å². The standard InChI is InChI=1S/C7H10N4O2/c1-2-13-6(12)5-3-9-7(11-8)10-4-5/h3-4H,2,8H2,1H3,(H,9,10,11). The van der Waals surface area contributed by atoms with Gasteiger partial charge in [-0.1, -0.05) is 0 Å². The van der Waals surface area contributed by atoms with Crippen molar-refractivity contribution < 1.29 is 9.53 Å². The van der Waals surface area contributed by atoms with E-state index < -0.39 is 5.97 Å². The number of nitrogens with one attached hydrogen (secondary N) is 1. The molecule has 0 atom stereocenters. The number of aromatic nitrogens is 2. The molecule has 6 heteroatoms. The molecular formula is C7H10N4O2. The molecule has 0 radical (unpaired) electrons. The van der Waals surface area contributed by atoms with Gasteiger partial charge in [-0.05, 0) is 6.92 Å². The van der Waals surface area contributed by atoms with E-state index in [0.717, 1.165) is 0 Å². The Bertz CT molecular complexity index is 285. The highest BCUT2D eigenvalue weighted by molar-refractivity contribution is 5.88. The van der Waals surface area contributed by atoms with Crippen LogP contribution in [0.3, 0.4) is 0 Å². The number of nitrogens with zero attached hydrogens (tertiary/aromatic N) is 2. The summed E-state index contributed by atoms with van der Waals surface area (Å²) in [7, 11) is 0. The van der Waals surface area contributed by atoms with Gasteiger partial charge in [0.1, 0.15) is 0 Å². The number of anilines is 1. The normalized spacial score (nSPS) is 9.38. The van der Waals surface area contributed by atoms with E-state index in [9.17, 15) is 4.79 Å². The zero-order valence-corrected chi connectivity index (χ0v) is 7.15. The Morgan fingerprint density at radius 3 is 2.69 bits per heavy atom. The molecule has 1 heterocycles. The Morgan fingerprint density at radius 1 is 1.62 bits per heavy atom. The first-order valence-electron chi connectivity index (χ1n) is 3.73. The van der Waals surface area contributed by atoms with Crippen LogP contribution in [0.5, 0.6) is 0 Å². The molecular weight excluding hydrogens is 172 g/mol. The van der Waals surface area contributed by atoms with E-state index in [0.29, 0.717) is 12.2 Å². The third kappa shape index (κ3) is 2.38. The molecule has 70 valence electrons. The van der Waals surface area contributed by atoms with Crippen LogP contribution < -0.4 is 11.3 Å². The monoisotopic (exact) mass is 182 g/mol. The summed E-state index contributed by atoms with van der Waals surface area (Å²) in [5.74, 6) is 4.86. The Labute approximate surface area is 75.1 Å². The summed E-state index contributed by atoms with van der Waals surface area (Å²) in [5.41, 5.74) is 2.56. The third-order valence-corrected chi connectivity index (χ3v) is 1.29. The maximum atomic E-state index is 11.1. The van der Waals surface area contributed by atoms with Crippen molar-refractivity contribution in [1.82, 2.24) is 9.97 Å². The minimum absolute atomic E-state index is 0.257. The Morgan fingerprint density at radius 2 is 2.23 bits per heavy atom. The maximum Gasteiger partial charge on any atom is 0.341 e. The van der Waals surface area contributed by atoms with Gasteiger partial charge >= 0.3 is 5.97 Å². The van der Waals surface area contributed by atoms with Crippen molar-refractivity contribution >= 4 is 11.9 Å². The average molecular weight is 182 g/mol. The van der Waals surface area contributed by atoms with Crippen LogP contribution in [-0.4, -0.2) is 22.5 Å². The molecule has 0 aliphatic rings. The summed E-state index contributed by atoms with van der Waals surface area (Å²) >= 11 is 0. The number of nitrogen functional groups attached to an aromatic ring is 1. The van der Waals surface area contributed by atoms with Gasteiger partial charge in [-0.3, -0.25) is 5.43 Å². The van der Waals surface area contributed by atoms with Gasteiger partial charge < -0.3 is 4.74 Å². The van der Waals surface area contributed by atoms with Crippen molar-refractivity contribution in [2.75, 3.05) is 12.0 Å². The second-order valence-electron chi connectivity index (χ2n) is 2.16. The maximum absolute atomic E-state index is 11.1. The molecule has 0 fully saturated rings. The molecule has 0 spiro atoms.